The highest BCUT2D eigenvalue weighted by Gasteiger charge is 2.12. The average molecular weight is 318 g/mol. The van der Waals surface area contributed by atoms with Gasteiger partial charge in [0.15, 0.2) is 5.82 Å². The Labute approximate surface area is 141 Å². The Bertz CT molecular complexity index is 804. The maximum Gasteiger partial charge on any atom is 0.225 e. The van der Waals surface area contributed by atoms with Crippen LogP contribution < -0.4 is 10.2 Å². The number of hydrogen-bond donors (Lipinski definition) is 1. The van der Waals surface area contributed by atoms with Crippen LogP contribution in [-0.2, 0) is 6.54 Å². The van der Waals surface area contributed by atoms with Gasteiger partial charge in [0.05, 0.1) is 6.20 Å². The van der Waals surface area contributed by atoms with Crippen molar-refractivity contribution < 1.29 is 0 Å². The predicted molar refractivity (Wildman–Crippen MR) is 97.3 cm³/mol. The van der Waals surface area contributed by atoms with Crippen molar-refractivity contribution >= 4 is 29.9 Å². The van der Waals surface area contributed by atoms with Gasteiger partial charge < -0.3 is 10.2 Å². The molecule has 0 unspecified atom stereocenters. The Balaban J connectivity index is 1.84. The van der Waals surface area contributed by atoms with Crippen LogP contribution >= 0.6 is 0 Å². The van der Waals surface area contributed by atoms with Crippen LogP contribution in [0.15, 0.2) is 66.0 Å². The van der Waals surface area contributed by atoms with Gasteiger partial charge in [-0.2, -0.15) is 4.98 Å². The number of nitrogens with one attached hydrogen (secondary N) is 1. The quantitative estimate of drug-likeness (QED) is 0.704. The molecule has 1 N–H and O–H groups in total. The summed E-state index contributed by atoms with van der Waals surface area (Å²) in [5.74, 6) is 1.23. The van der Waals surface area contributed by atoms with Crippen LogP contribution in [0, 0.1) is 0 Å². The number of aromatic nitrogens is 3. The number of hydrogen-bond acceptors (Lipinski definition) is 6. The highest BCUT2D eigenvalue weighted by molar-refractivity contribution is 5.71. The molecule has 2 aromatic heterocycles. The van der Waals surface area contributed by atoms with Gasteiger partial charge in [0.2, 0.25) is 5.95 Å². The van der Waals surface area contributed by atoms with Crippen molar-refractivity contribution in [3.05, 3.63) is 66.6 Å². The third-order valence-electron chi connectivity index (χ3n) is 3.55. The van der Waals surface area contributed by atoms with Crippen LogP contribution in [0.5, 0.6) is 0 Å². The molecular formula is C18H18N6. The van der Waals surface area contributed by atoms with Crippen molar-refractivity contribution in [1.82, 2.24) is 15.0 Å². The summed E-state index contributed by atoms with van der Waals surface area (Å²) in [6.07, 6.45) is 5.22. The van der Waals surface area contributed by atoms with Gasteiger partial charge in [0, 0.05) is 31.7 Å². The zero-order valence-corrected chi connectivity index (χ0v) is 13.4. The second-order valence-electron chi connectivity index (χ2n) is 5.17. The SMILES string of the molecule is C=Nc1cnc(NCc2cccnc2)nc1N(C)c1ccccc1. The fourth-order valence-electron chi connectivity index (χ4n) is 2.27. The summed E-state index contributed by atoms with van der Waals surface area (Å²) < 4.78 is 0. The third kappa shape index (κ3) is 3.55. The lowest BCUT2D eigenvalue weighted by Gasteiger charge is -2.20. The van der Waals surface area contributed by atoms with E-state index in [1.54, 1.807) is 12.4 Å². The minimum absolute atomic E-state index is 0.532. The Morgan fingerprint density at radius 1 is 1.12 bits per heavy atom. The van der Waals surface area contributed by atoms with E-state index < -0.39 is 0 Å². The lowest BCUT2D eigenvalue weighted by atomic mass is 10.3. The second kappa shape index (κ2) is 7.32. The lowest BCUT2D eigenvalue weighted by molar-refractivity contribution is 1.02. The number of rotatable bonds is 6. The molecule has 0 radical (unpaired) electrons. The van der Waals surface area contributed by atoms with Gasteiger partial charge in [-0.15, -0.1) is 0 Å². The number of aliphatic imine (C=N–C) groups is 1. The second-order valence-corrected chi connectivity index (χ2v) is 5.17. The van der Waals surface area contributed by atoms with E-state index in [9.17, 15) is 0 Å². The topological polar surface area (TPSA) is 66.3 Å². The molecule has 0 bridgehead atoms. The predicted octanol–water partition coefficient (Wildman–Crippen LogP) is 3.58. The first-order chi connectivity index (χ1) is 11.8. The van der Waals surface area contributed by atoms with Gasteiger partial charge in [0.25, 0.3) is 0 Å². The van der Waals surface area contributed by atoms with E-state index in [1.165, 1.54) is 0 Å². The largest absolute Gasteiger partial charge is 0.350 e. The summed E-state index contributed by atoms with van der Waals surface area (Å²) >= 11 is 0. The van der Waals surface area contributed by atoms with E-state index in [-0.39, 0.29) is 0 Å². The van der Waals surface area contributed by atoms with Gasteiger partial charge in [-0.05, 0) is 30.5 Å². The van der Waals surface area contributed by atoms with Crippen molar-refractivity contribution in [2.24, 2.45) is 4.99 Å². The van der Waals surface area contributed by atoms with Crippen molar-refractivity contribution in [2.45, 2.75) is 6.54 Å². The van der Waals surface area contributed by atoms with Crippen LogP contribution in [0.1, 0.15) is 5.56 Å². The molecule has 0 aliphatic heterocycles. The molecule has 3 rings (SSSR count). The molecule has 24 heavy (non-hydrogen) atoms. The maximum absolute atomic E-state index is 4.58. The molecule has 0 amide bonds. The zero-order chi connectivity index (χ0) is 16.8. The third-order valence-corrected chi connectivity index (χ3v) is 3.55. The van der Waals surface area contributed by atoms with Crippen molar-refractivity contribution in [3.8, 4) is 0 Å². The van der Waals surface area contributed by atoms with Crippen molar-refractivity contribution in [3.63, 3.8) is 0 Å². The lowest BCUT2D eigenvalue weighted by Crippen LogP contribution is -2.13. The Morgan fingerprint density at radius 3 is 2.67 bits per heavy atom. The summed E-state index contributed by atoms with van der Waals surface area (Å²) in [5.41, 5.74) is 2.71. The van der Waals surface area contributed by atoms with E-state index in [4.69, 9.17) is 0 Å². The molecule has 0 saturated carbocycles. The number of para-hydroxylation sites is 1. The number of anilines is 3. The Hall–Kier alpha value is -3.28. The van der Waals surface area contributed by atoms with Crippen LogP contribution in [0.3, 0.4) is 0 Å². The van der Waals surface area contributed by atoms with Crippen LogP contribution in [0.4, 0.5) is 23.1 Å². The van der Waals surface area contributed by atoms with Crippen LogP contribution in [-0.4, -0.2) is 28.7 Å². The first kappa shape index (κ1) is 15.6. The molecule has 1 aromatic carbocycles. The Morgan fingerprint density at radius 2 is 1.96 bits per heavy atom. The first-order valence-electron chi connectivity index (χ1n) is 7.53. The standard InChI is InChI=1S/C18H18N6/c1-19-16-13-22-18(21-12-14-7-6-10-20-11-14)23-17(16)24(2)15-8-4-3-5-9-15/h3-11,13H,1,12H2,2H3,(H,21,22,23). The minimum Gasteiger partial charge on any atom is -0.350 e. The van der Waals surface area contributed by atoms with Crippen molar-refractivity contribution in [1.29, 1.82) is 0 Å². The molecule has 3 aromatic rings. The van der Waals surface area contributed by atoms with Crippen molar-refractivity contribution in [2.75, 3.05) is 17.3 Å². The normalized spacial score (nSPS) is 10.2. The van der Waals surface area contributed by atoms with Gasteiger partial charge in [-0.25, -0.2) is 4.98 Å². The average Bonchev–Trinajstić information content (AvgIpc) is 2.67. The summed E-state index contributed by atoms with van der Waals surface area (Å²) in [5, 5.41) is 3.21. The zero-order valence-electron chi connectivity index (χ0n) is 13.4. The highest BCUT2D eigenvalue weighted by Crippen LogP contribution is 2.30. The molecule has 6 heteroatoms. The van der Waals surface area contributed by atoms with E-state index in [0.29, 0.717) is 24.0 Å². The van der Waals surface area contributed by atoms with Gasteiger partial charge in [-0.1, -0.05) is 24.3 Å². The number of nitrogens with zero attached hydrogens (tertiary/aromatic N) is 5. The number of pyridine rings is 1. The van der Waals surface area contributed by atoms with Crippen LogP contribution in [0.2, 0.25) is 0 Å². The maximum atomic E-state index is 4.58. The van der Waals surface area contributed by atoms with Gasteiger partial charge in [-0.3, -0.25) is 9.98 Å². The van der Waals surface area contributed by atoms with E-state index >= 15 is 0 Å². The molecule has 0 saturated heterocycles. The molecule has 120 valence electrons. The van der Waals surface area contributed by atoms with Crippen LogP contribution in [0.25, 0.3) is 0 Å². The molecule has 0 fully saturated rings. The highest BCUT2D eigenvalue weighted by atomic mass is 15.2. The molecule has 2 heterocycles. The van der Waals surface area contributed by atoms with E-state index in [0.717, 1.165) is 11.3 Å². The Kier molecular flexibility index (Phi) is 4.76. The summed E-state index contributed by atoms with van der Waals surface area (Å²) in [6, 6.07) is 13.9. The fraction of sp³-hybridized carbons (Fsp3) is 0.111. The summed E-state index contributed by atoms with van der Waals surface area (Å²) in [6.45, 7) is 4.21. The van der Waals surface area contributed by atoms with Gasteiger partial charge in [0.1, 0.15) is 5.69 Å². The molecule has 0 spiro atoms. The first-order valence-corrected chi connectivity index (χ1v) is 7.53. The monoisotopic (exact) mass is 318 g/mol. The minimum atomic E-state index is 0.532. The summed E-state index contributed by atoms with van der Waals surface area (Å²) in [7, 11) is 1.94. The molecule has 0 aliphatic rings. The van der Waals surface area contributed by atoms with E-state index in [1.807, 2.05) is 60.6 Å². The molecular weight excluding hydrogens is 300 g/mol. The smallest absolute Gasteiger partial charge is 0.225 e. The van der Waals surface area contributed by atoms with Gasteiger partial charge >= 0.3 is 0 Å². The molecule has 0 atom stereocenters. The molecule has 0 aliphatic carbocycles. The number of benzene rings is 1. The molecule has 6 nitrogen and oxygen atoms in total. The fourth-order valence-corrected chi connectivity index (χ4v) is 2.27. The van der Waals surface area contributed by atoms with E-state index in [2.05, 4.69) is 32.0 Å². The summed E-state index contributed by atoms with van der Waals surface area (Å²) in [4.78, 5) is 19.0.